The Balaban J connectivity index is 2.08. The molecule has 2 nitrogen and oxygen atoms in total. The maximum Gasteiger partial charge on any atom is 0.226 e. The average Bonchev–Trinajstić information content (AvgIpc) is 2.85. The Kier molecular flexibility index (Phi) is 3.79. The first-order valence-electron chi connectivity index (χ1n) is 7.38. The molecule has 17 heavy (non-hydrogen) atoms. The van der Waals surface area contributed by atoms with Crippen molar-refractivity contribution in [2.24, 2.45) is 17.8 Å². The van der Waals surface area contributed by atoms with E-state index in [1.807, 2.05) is 0 Å². The Morgan fingerprint density at radius 2 is 2.06 bits per heavy atom. The van der Waals surface area contributed by atoms with Gasteiger partial charge in [0.25, 0.3) is 0 Å². The van der Waals surface area contributed by atoms with Crippen LogP contribution in [0.3, 0.4) is 0 Å². The van der Waals surface area contributed by atoms with Crippen molar-refractivity contribution in [2.75, 3.05) is 0 Å². The van der Waals surface area contributed by atoms with Crippen molar-refractivity contribution < 1.29 is 4.79 Å². The van der Waals surface area contributed by atoms with Crippen LogP contribution in [0.25, 0.3) is 0 Å². The van der Waals surface area contributed by atoms with E-state index in [9.17, 15) is 4.79 Å². The minimum Gasteiger partial charge on any atom is -0.336 e. The first-order valence-corrected chi connectivity index (χ1v) is 7.38. The zero-order chi connectivity index (χ0) is 12.6. The van der Waals surface area contributed by atoms with Gasteiger partial charge in [0.05, 0.1) is 0 Å². The van der Waals surface area contributed by atoms with Gasteiger partial charge in [-0.1, -0.05) is 33.6 Å². The lowest BCUT2D eigenvalue weighted by Gasteiger charge is -2.32. The first-order chi connectivity index (χ1) is 8.06. The van der Waals surface area contributed by atoms with E-state index < -0.39 is 0 Å². The number of rotatable bonds is 3. The summed E-state index contributed by atoms with van der Waals surface area (Å²) in [5.74, 6) is 1.93. The smallest absolute Gasteiger partial charge is 0.226 e. The van der Waals surface area contributed by atoms with Crippen LogP contribution in [0.4, 0.5) is 0 Å². The fraction of sp³-hybridized carbons (Fsp3) is 0.933. The number of carbonyl (C=O) groups excluding carboxylic acids is 1. The number of hydrogen-bond acceptors (Lipinski definition) is 1. The molecule has 1 saturated heterocycles. The van der Waals surface area contributed by atoms with Crippen molar-refractivity contribution in [3.05, 3.63) is 0 Å². The van der Waals surface area contributed by atoms with Crippen LogP contribution in [-0.2, 0) is 4.79 Å². The summed E-state index contributed by atoms with van der Waals surface area (Å²) in [5, 5.41) is 0. The number of hydrogen-bond donors (Lipinski definition) is 0. The lowest BCUT2D eigenvalue weighted by atomic mass is 9.92. The summed E-state index contributed by atoms with van der Waals surface area (Å²) in [5.41, 5.74) is 0. The molecule has 0 bridgehead atoms. The topological polar surface area (TPSA) is 20.3 Å². The van der Waals surface area contributed by atoms with E-state index in [4.69, 9.17) is 0 Å². The highest BCUT2D eigenvalue weighted by molar-refractivity contribution is 5.79. The molecule has 98 valence electrons. The minimum atomic E-state index is 0.196. The fourth-order valence-electron chi connectivity index (χ4n) is 3.75. The van der Waals surface area contributed by atoms with E-state index in [1.165, 1.54) is 25.7 Å². The van der Waals surface area contributed by atoms with Gasteiger partial charge in [-0.25, -0.2) is 0 Å². The van der Waals surface area contributed by atoms with Gasteiger partial charge in [0.1, 0.15) is 0 Å². The SMILES string of the molecule is CCC(C)C(C)C(=O)N1C(C)CC2CCCC21. The molecule has 5 atom stereocenters. The molecular weight excluding hydrogens is 210 g/mol. The molecule has 2 rings (SSSR count). The number of nitrogens with zero attached hydrogens (tertiary/aromatic N) is 1. The summed E-state index contributed by atoms with van der Waals surface area (Å²) in [7, 11) is 0. The standard InChI is InChI=1S/C15H27NO/c1-5-10(2)12(4)15(17)16-11(3)9-13-7-6-8-14(13)16/h10-14H,5-9H2,1-4H3. The highest BCUT2D eigenvalue weighted by Gasteiger charge is 2.45. The predicted octanol–water partition coefficient (Wildman–Crippen LogP) is 3.46. The van der Waals surface area contributed by atoms with E-state index in [1.54, 1.807) is 0 Å². The molecule has 5 unspecified atom stereocenters. The zero-order valence-corrected chi connectivity index (χ0v) is 11.8. The third-order valence-electron chi connectivity index (χ3n) is 5.24. The van der Waals surface area contributed by atoms with Gasteiger partial charge in [-0.2, -0.15) is 0 Å². The lowest BCUT2D eigenvalue weighted by molar-refractivity contribution is -0.139. The Morgan fingerprint density at radius 1 is 1.35 bits per heavy atom. The molecule has 1 saturated carbocycles. The van der Waals surface area contributed by atoms with Gasteiger partial charge in [-0.05, 0) is 38.0 Å². The van der Waals surface area contributed by atoms with Gasteiger partial charge in [-0.3, -0.25) is 4.79 Å². The monoisotopic (exact) mass is 237 g/mol. The molecule has 1 aliphatic carbocycles. The molecule has 0 aromatic heterocycles. The van der Waals surface area contributed by atoms with Gasteiger partial charge in [0.15, 0.2) is 0 Å². The van der Waals surface area contributed by atoms with Crippen LogP contribution in [0.1, 0.15) is 59.8 Å². The molecule has 2 heteroatoms. The predicted molar refractivity (Wildman–Crippen MR) is 70.7 cm³/mol. The summed E-state index contributed by atoms with van der Waals surface area (Å²) in [6.45, 7) is 8.74. The van der Waals surface area contributed by atoms with Gasteiger partial charge >= 0.3 is 0 Å². The molecule has 0 radical (unpaired) electrons. The molecule has 1 amide bonds. The summed E-state index contributed by atoms with van der Waals surface area (Å²) >= 11 is 0. The van der Waals surface area contributed by atoms with Crippen LogP contribution >= 0.6 is 0 Å². The molecule has 2 aliphatic rings. The maximum atomic E-state index is 12.6. The fourth-order valence-corrected chi connectivity index (χ4v) is 3.75. The van der Waals surface area contributed by atoms with Gasteiger partial charge in [0.2, 0.25) is 5.91 Å². The Hall–Kier alpha value is -0.530. The minimum absolute atomic E-state index is 0.196. The molecular formula is C15H27NO. The van der Waals surface area contributed by atoms with Crippen molar-refractivity contribution in [1.29, 1.82) is 0 Å². The van der Waals surface area contributed by atoms with Crippen LogP contribution < -0.4 is 0 Å². The Morgan fingerprint density at radius 3 is 2.71 bits per heavy atom. The van der Waals surface area contributed by atoms with Crippen molar-refractivity contribution in [2.45, 2.75) is 71.9 Å². The summed E-state index contributed by atoms with van der Waals surface area (Å²) < 4.78 is 0. The van der Waals surface area contributed by atoms with Crippen LogP contribution in [-0.4, -0.2) is 22.9 Å². The van der Waals surface area contributed by atoms with Gasteiger partial charge in [-0.15, -0.1) is 0 Å². The number of amides is 1. The number of carbonyl (C=O) groups is 1. The second kappa shape index (κ2) is 4.99. The Labute approximate surface area is 106 Å². The van der Waals surface area contributed by atoms with E-state index >= 15 is 0 Å². The molecule has 2 fully saturated rings. The molecule has 0 spiro atoms. The van der Waals surface area contributed by atoms with Crippen molar-refractivity contribution in [3.63, 3.8) is 0 Å². The van der Waals surface area contributed by atoms with Crippen molar-refractivity contribution in [1.82, 2.24) is 4.90 Å². The number of likely N-dealkylation sites (tertiary alicyclic amines) is 1. The largest absolute Gasteiger partial charge is 0.336 e. The second-order valence-electron chi connectivity index (χ2n) is 6.26. The van der Waals surface area contributed by atoms with Crippen molar-refractivity contribution >= 4 is 5.91 Å². The molecule has 0 aromatic rings. The number of fused-ring (bicyclic) bond motifs is 1. The third-order valence-corrected chi connectivity index (χ3v) is 5.24. The quantitative estimate of drug-likeness (QED) is 0.736. The summed E-state index contributed by atoms with van der Waals surface area (Å²) in [6.07, 6.45) is 6.25. The van der Waals surface area contributed by atoms with E-state index in [0.717, 1.165) is 12.3 Å². The third kappa shape index (κ3) is 2.23. The normalized spacial score (nSPS) is 35.8. The van der Waals surface area contributed by atoms with E-state index in [0.29, 0.717) is 23.9 Å². The maximum absolute atomic E-state index is 12.6. The highest BCUT2D eigenvalue weighted by atomic mass is 16.2. The lowest BCUT2D eigenvalue weighted by Crippen LogP contribution is -2.44. The van der Waals surface area contributed by atoms with E-state index in [2.05, 4.69) is 32.6 Å². The highest BCUT2D eigenvalue weighted by Crippen LogP contribution is 2.42. The molecule has 1 aliphatic heterocycles. The molecule has 1 heterocycles. The second-order valence-corrected chi connectivity index (χ2v) is 6.26. The van der Waals surface area contributed by atoms with Gasteiger partial charge < -0.3 is 4.90 Å². The van der Waals surface area contributed by atoms with Crippen LogP contribution in [0, 0.1) is 17.8 Å². The zero-order valence-electron chi connectivity index (χ0n) is 11.8. The average molecular weight is 237 g/mol. The van der Waals surface area contributed by atoms with Crippen LogP contribution in [0.2, 0.25) is 0 Å². The summed E-state index contributed by atoms with van der Waals surface area (Å²) in [4.78, 5) is 14.9. The first kappa shape index (κ1) is 12.9. The van der Waals surface area contributed by atoms with Crippen molar-refractivity contribution in [3.8, 4) is 0 Å². The Bertz CT molecular complexity index is 289. The van der Waals surface area contributed by atoms with Crippen LogP contribution in [0.15, 0.2) is 0 Å². The molecule has 0 N–H and O–H groups in total. The van der Waals surface area contributed by atoms with E-state index in [-0.39, 0.29) is 5.92 Å². The van der Waals surface area contributed by atoms with Gasteiger partial charge in [0, 0.05) is 18.0 Å². The molecule has 0 aromatic carbocycles. The van der Waals surface area contributed by atoms with Crippen LogP contribution in [0.5, 0.6) is 0 Å². The summed E-state index contributed by atoms with van der Waals surface area (Å²) in [6, 6.07) is 1.05.